The Kier molecular flexibility index (Phi) is 11.8. The van der Waals surface area contributed by atoms with Gasteiger partial charge in [-0.2, -0.15) is 0 Å². The van der Waals surface area contributed by atoms with Crippen LogP contribution in [0.4, 0.5) is 0 Å². The summed E-state index contributed by atoms with van der Waals surface area (Å²) in [6.45, 7) is 4.26. The van der Waals surface area contributed by atoms with E-state index in [1.165, 1.54) is 0 Å². The number of aliphatic hydroxyl groups excluding tert-OH is 2. The largest absolute Gasteiger partial charge is 0.380 e. The fourth-order valence-corrected chi connectivity index (χ4v) is 1.56. The summed E-state index contributed by atoms with van der Waals surface area (Å²) in [6.07, 6.45) is 6.79. The van der Waals surface area contributed by atoms with Crippen LogP contribution in [0, 0.1) is 23.7 Å². The Bertz CT molecular complexity index is 269. The molecule has 18 heavy (non-hydrogen) atoms. The van der Waals surface area contributed by atoms with Crippen molar-refractivity contribution in [2.45, 2.75) is 77.4 Å². The molecule has 0 spiro atoms. The molecule has 0 bridgehead atoms. The van der Waals surface area contributed by atoms with Gasteiger partial charge in [0.2, 0.25) is 0 Å². The average Bonchev–Trinajstić information content (AvgIpc) is 2.35. The SMILES string of the molecule is CCCCC[C@H](O)C#CC#C[C@H](O)CCCCC. The van der Waals surface area contributed by atoms with Gasteiger partial charge in [0.15, 0.2) is 0 Å². The first kappa shape index (κ1) is 17.0. The number of rotatable bonds is 8. The molecule has 0 aliphatic carbocycles. The monoisotopic (exact) mass is 250 g/mol. The Hall–Kier alpha value is -0.960. The first-order chi connectivity index (χ1) is 8.70. The second-order valence-corrected chi connectivity index (χ2v) is 4.56. The second-order valence-electron chi connectivity index (χ2n) is 4.56. The van der Waals surface area contributed by atoms with Crippen molar-refractivity contribution in [3.05, 3.63) is 0 Å². The Balaban J connectivity index is 3.79. The molecule has 0 fully saturated rings. The van der Waals surface area contributed by atoms with Crippen molar-refractivity contribution < 1.29 is 10.2 Å². The molecule has 2 N–H and O–H groups in total. The highest BCUT2D eigenvalue weighted by molar-refractivity contribution is 5.28. The fourth-order valence-electron chi connectivity index (χ4n) is 1.56. The molecule has 0 unspecified atom stereocenters. The zero-order chi connectivity index (χ0) is 13.6. The highest BCUT2D eigenvalue weighted by Gasteiger charge is 1.98. The maximum Gasteiger partial charge on any atom is 0.115 e. The molecule has 2 atom stereocenters. The van der Waals surface area contributed by atoms with Crippen LogP contribution in [0.3, 0.4) is 0 Å². The fraction of sp³-hybridized carbons (Fsp3) is 0.750. The van der Waals surface area contributed by atoms with Crippen LogP contribution < -0.4 is 0 Å². The number of hydrogen-bond acceptors (Lipinski definition) is 2. The summed E-state index contributed by atoms with van der Waals surface area (Å²) < 4.78 is 0. The van der Waals surface area contributed by atoms with E-state index in [-0.39, 0.29) is 0 Å². The lowest BCUT2D eigenvalue weighted by atomic mass is 10.1. The molecular weight excluding hydrogens is 224 g/mol. The van der Waals surface area contributed by atoms with Crippen molar-refractivity contribution in [3.63, 3.8) is 0 Å². The van der Waals surface area contributed by atoms with Gasteiger partial charge in [0, 0.05) is 0 Å². The first-order valence-electron chi connectivity index (χ1n) is 7.07. The van der Waals surface area contributed by atoms with Crippen LogP contribution in [-0.2, 0) is 0 Å². The smallest absolute Gasteiger partial charge is 0.115 e. The quantitative estimate of drug-likeness (QED) is 0.514. The second kappa shape index (κ2) is 12.5. The molecule has 0 radical (unpaired) electrons. The summed E-state index contributed by atoms with van der Waals surface area (Å²) in [5.74, 6) is 10.6. The molecular formula is C16H26O2. The highest BCUT2D eigenvalue weighted by atomic mass is 16.3. The van der Waals surface area contributed by atoms with Gasteiger partial charge in [0.25, 0.3) is 0 Å². The lowest BCUT2D eigenvalue weighted by molar-refractivity contribution is 0.217. The lowest BCUT2D eigenvalue weighted by Crippen LogP contribution is -2.02. The Morgan fingerprint density at radius 1 is 0.722 bits per heavy atom. The third kappa shape index (κ3) is 11.5. The standard InChI is InChI=1S/C16H26O2/c1-3-5-7-11-15(17)13-9-10-14-16(18)12-8-6-4-2/h15-18H,3-8,11-12H2,1-2H3/t15-,16+. The summed E-state index contributed by atoms with van der Waals surface area (Å²) in [5.41, 5.74) is 0. The maximum atomic E-state index is 9.51. The van der Waals surface area contributed by atoms with E-state index in [4.69, 9.17) is 0 Å². The van der Waals surface area contributed by atoms with E-state index in [0.29, 0.717) is 12.8 Å². The van der Waals surface area contributed by atoms with E-state index >= 15 is 0 Å². The van der Waals surface area contributed by atoms with E-state index in [9.17, 15) is 10.2 Å². The Morgan fingerprint density at radius 2 is 1.11 bits per heavy atom. The van der Waals surface area contributed by atoms with Crippen LogP contribution in [0.5, 0.6) is 0 Å². The van der Waals surface area contributed by atoms with Crippen molar-refractivity contribution in [3.8, 4) is 23.7 Å². The maximum absolute atomic E-state index is 9.51. The number of hydrogen-bond donors (Lipinski definition) is 2. The minimum atomic E-state index is -0.580. The summed E-state index contributed by atoms with van der Waals surface area (Å²) in [5, 5.41) is 19.0. The average molecular weight is 250 g/mol. The van der Waals surface area contributed by atoms with Crippen molar-refractivity contribution in [2.75, 3.05) is 0 Å². The van der Waals surface area contributed by atoms with Crippen LogP contribution in [0.15, 0.2) is 0 Å². The van der Waals surface area contributed by atoms with E-state index < -0.39 is 12.2 Å². The minimum Gasteiger partial charge on any atom is -0.380 e. The summed E-state index contributed by atoms with van der Waals surface area (Å²) in [7, 11) is 0. The van der Waals surface area contributed by atoms with Crippen molar-refractivity contribution in [1.29, 1.82) is 0 Å². The normalized spacial score (nSPS) is 12.9. The van der Waals surface area contributed by atoms with Crippen LogP contribution in [0.25, 0.3) is 0 Å². The molecule has 0 saturated carbocycles. The third-order valence-electron chi connectivity index (χ3n) is 2.70. The topological polar surface area (TPSA) is 40.5 Å². The van der Waals surface area contributed by atoms with Gasteiger partial charge in [0.1, 0.15) is 12.2 Å². The molecule has 102 valence electrons. The predicted molar refractivity (Wildman–Crippen MR) is 75.8 cm³/mol. The predicted octanol–water partition coefficient (Wildman–Crippen LogP) is 2.88. The minimum absolute atomic E-state index is 0.580. The zero-order valence-electron chi connectivity index (χ0n) is 11.7. The first-order valence-corrected chi connectivity index (χ1v) is 7.07. The van der Waals surface area contributed by atoms with Crippen molar-refractivity contribution in [2.24, 2.45) is 0 Å². The highest BCUT2D eigenvalue weighted by Crippen LogP contribution is 2.02. The van der Waals surface area contributed by atoms with Gasteiger partial charge in [-0.25, -0.2) is 0 Å². The van der Waals surface area contributed by atoms with Crippen molar-refractivity contribution >= 4 is 0 Å². The number of unbranched alkanes of at least 4 members (excludes halogenated alkanes) is 4. The van der Waals surface area contributed by atoms with Gasteiger partial charge in [-0.15, -0.1) is 0 Å². The molecule has 0 heterocycles. The summed E-state index contributed by atoms with van der Waals surface area (Å²) >= 11 is 0. The molecule has 0 saturated heterocycles. The lowest BCUT2D eigenvalue weighted by Gasteiger charge is -2.01. The van der Waals surface area contributed by atoms with Gasteiger partial charge in [0.05, 0.1) is 0 Å². The van der Waals surface area contributed by atoms with Gasteiger partial charge in [-0.1, -0.05) is 51.4 Å². The van der Waals surface area contributed by atoms with Crippen LogP contribution >= 0.6 is 0 Å². The van der Waals surface area contributed by atoms with Gasteiger partial charge in [-0.05, 0) is 37.5 Å². The molecule has 0 aromatic carbocycles. The van der Waals surface area contributed by atoms with Crippen molar-refractivity contribution in [1.82, 2.24) is 0 Å². The van der Waals surface area contributed by atoms with E-state index in [0.717, 1.165) is 38.5 Å². The summed E-state index contributed by atoms with van der Waals surface area (Å²) in [4.78, 5) is 0. The molecule has 0 aliphatic heterocycles. The van der Waals surface area contributed by atoms with Crippen LogP contribution in [0.2, 0.25) is 0 Å². The molecule has 0 aliphatic rings. The third-order valence-corrected chi connectivity index (χ3v) is 2.70. The Labute approximate surface area is 112 Å². The molecule has 0 aromatic heterocycles. The van der Waals surface area contributed by atoms with Gasteiger partial charge < -0.3 is 10.2 Å². The molecule has 0 amide bonds. The van der Waals surface area contributed by atoms with Gasteiger partial charge in [-0.3, -0.25) is 0 Å². The Morgan fingerprint density at radius 3 is 1.44 bits per heavy atom. The summed E-state index contributed by atoms with van der Waals surface area (Å²) in [6, 6.07) is 0. The van der Waals surface area contributed by atoms with E-state index in [1.807, 2.05) is 0 Å². The molecule has 2 nitrogen and oxygen atoms in total. The van der Waals surface area contributed by atoms with Gasteiger partial charge >= 0.3 is 0 Å². The van der Waals surface area contributed by atoms with E-state index in [2.05, 4.69) is 37.5 Å². The zero-order valence-corrected chi connectivity index (χ0v) is 11.7. The molecule has 0 rings (SSSR count). The molecule has 2 heteroatoms. The molecule has 0 aromatic rings. The van der Waals surface area contributed by atoms with Crippen LogP contribution in [-0.4, -0.2) is 22.4 Å². The van der Waals surface area contributed by atoms with Crippen LogP contribution in [0.1, 0.15) is 65.2 Å². The number of aliphatic hydroxyl groups is 2. The van der Waals surface area contributed by atoms with E-state index in [1.54, 1.807) is 0 Å².